The fourth-order valence-corrected chi connectivity index (χ4v) is 4.00. The largest absolute Gasteiger partial charge is 0.337 e. The van der Waals surface area contributed by atoms with Gasteiger partial charge in [0.25, 0.3) is 0 Å². The van der Waals surface area contributed by atoms with Crippen molar-refractivity contribution in [2.75, 3.05) is 0 Å². The molecule has 0 aliphatic rings. The third-order valence-corrected chi connectivity index (χ3v) is 5.54. The number of halogens is 2. The van der Waals surface area contributed by atoms with E-state index in [1.54, 1.807) is 0 Å². The maximum absolute atomic E-state index is 9.02. The van der Waals surface area contributed by atoms with Gasteiger partial charge in [0.2, 0.25) is 0 Å². The first kappa shape index (κ1) is 18.2. The Bertz CT molecular complexity index is 1090. The summed E-state index contributed by atoms with van der Waals surface area (Å²) in [7, 11) is 0. The van der Waals surface area contributed by atoms with Crippen LogP contribution in [0.15, 0.2) is 72.8 Å². The highest BCUT2D eigenvalue weighted by atomic mass is 127. The van der Waals surface area contributed by atoms with Crippen LogP contribution < -0.4 is 0 Å². The zero-order chi connectivity index (χ0) is 18.8. The number of aromatic nitrogens is 2. The van der Waals surface area contributed by atoms with Crippen LogP contribution in [0.3, 0.4) is 0 Å². The second-order valence-corrected chi connectivity index (χ2v) is 8.51. The molecule has 130 valence electrons. The van der Waals surface area contributed by atoms with Gasteiger partial charge in [0.05, 0.1) is 23.0 Å². The first-order valence-corrected chi connectivity index (χ1v) is 10.4. The van der Waals surface area contributed by atoms with Gasteiger partial charge in [-0.25, -0.2) is 4.98 Å². The van der Waals surface area contributed by atoms with Crippen LogP contribution in [0.25, 0.3) is 33.9 Å². The lowest BCUT2D eigenvalue weighted by Crippen LogP contribution is -1.85. The Morgan fingerprint density at radius 1 is 0.778 bits per heavy atom. The monoisotopic (exact) mass is 573 g/mol. The molecule has 0 spiro atoms. The summed E-state index contributed by atoms with van der Waals surface area (Å²) < 4.78 is 2.34. The topological polar surface area (TPSA) is 52.5 Å². The molecule has 27 heavy (non-hydrogen) atoms. The Balaban J connectivity index is 1.90. The average molecular weight is 573 g/mol. The molecule has 0 fully saturated rings. The van der Waals surface area contributed by atoms with Crippen molar-refractivity contribution < 1.29 is 0 Å². The molecule has 0 aliphatic heterocycles. The smallest absolute Gasteiger partial charge is 0.138 e. The van der Waals surface area contributed by atoms with Crippen LogP contribution in [-0.4, -0.2) is 9.97 Å². The van der Waals surface area contributed by atoms with Gasteiger partial charge < -0.3 is 4.98 Å². The van der Waals surface area contributed by atoms with Gasteiger partial charge in [-0.3, -0.25) is 0 Å². The van der Waals surface area contributed by atoms with Crippen LogP contribution in [0.1, 0.15) is 5.56 Å². The van der Waals surface area contributed by atoms with E-state index < -0.39 is 0 Å². The molecule has 0 atom stereocenters. The van der Waals surface area contributed by atoms with Gasteiger partial charge >= 0.3 is 0 Å². The fourth-order valence-electron chi connectivity index (χ4n) is 2.91. The number of H-pyrrole nitrogens is 1. The number of hydrogen-bond acceptors (Lipinski definition) is 2. The van der Waals surface area contributed by atoms with Crippen molar-refractivity contribution in [1.82, 2.24) is 9.97 Å². The van der Waals surface area contributed by atoms with Gasteiger partial charge in [-0.2, -0.15) is 5.26 Å². The second-order valence-electron chi connectivity index (χ2n) is 6.02. The highest BCUT2D eigenvalue weighted by Crippen LogP contribution is 2.34. The summed E-state index contributed by atoms with van der Waals surface area (Å²) in [6, 6.07) is 26.3. The molecule has 0 bridgehead atoms. The van der Waals surface area contributed by atoms with Crippen molar-refractivity contribution in [2.24, 2.45) is 0 Å². The fraction of sp³-hybridized carbons (Fsp3) is 0. The highest BCUT2D eigenvalue weighted by molar-refractivity contribution is 14.1. The Hall–Kier alpha value is -2.18. The SMILES string of the molecule is N#Cc1ccc(-c2nc(-c3cccc(I)c3)c(-c3cccc(I)c3)[nH]2)cc1. The molecule has 3 nitrogen and oxygen atoms in total. The Labute approximate surface area is 184 Å². The van der Waals surface area contributed by atoms with Gasteiger partial charge in [0, 0.05) is 23.8 Å². The number of nitrogens with one attached hydrogen (secondary N) is 1. The van der Waals surface area contributed by atoms with Crippen LogP contribution in [0, 0.1) is 18.5 Å². The zero-order valence-corrected chi connectivity index (χ0v) is 18.4. The molecule has 4 aromatic rings. The second kappa shape index (κ2) is 7.82. The van der Waals surface area contributed by atoms with E-state index in [-0.39, 0.29) is 0 Å². The van der Waals surface area contributed by atoms with Crippen molar-refractivity contribution in [3.05, 3.63) is 85.5 Å². The van der Waals surface area contributed by atoms with Gasteiger partial charge in [-0.15, -0.1) is 0 Å². The minimum Gasteiger partial charge on any atom is -0.337 e. The molecule has 3 aromatic carbocycles. The van der Waals surface area contributed by atoms with Gasteiger partial charge in [-0.1, -0.05) is 24.3 Å². The Kier molecular flexibility index (Phi) is 5.27. The van der Waals surface area contributed by atoms with Crippen LogP contribution in [0.2, 0.25) is 0 Å². The number of imidazole rings is 1. The molecule has 4 rings (SSSR count). The maximum Gasteiger partial charge on any atom is 0.138 e. The van der Waals surface area contributed by atoms with Crippen LogP contribution in [0.4, 0.5) is 0 Å². The molecule has 1 heterocycles. The summed E-state index contributed by atoms with van der Waals surface area (Å²) in [6.07, 6.45) is 0. The summed E-state index contributed by atoms with van der Waals surface area (Å²) in [5, 5.41) is 9.02. The van der Waals surface area contributed by atoms with E-state index in [9.17, 15) is 0 Å². The minimum atomic E-state index is 0.640. The number of aromatic amines is 1. The lowest BCUT2D eigenvalue weighted by atomic mass is 10.1. The van der Waals surface area contributed by atoms with E-state index in [1.165, 1.54) is 7.14 Å². The van der Waals surface area contributed by atoms with Crippen molar-refractivity contribution in [1.29, 1.82) is 5.26 Å². The summed E-state index contributed by atoms with van der Waals surface area (Å²) in [5.41, 5.74) is 5.69. The van der Waals surface area contributed by atoms with Crippen LogP contribution >= 0.6 is 45.2 Å². The summed E-state index contributed by atoms with van der Waals surface area (Å²) in [4.78, 5) is 8.41. The predicted octanol–water partition coefficient (Wildman–Crippen LogP) is 6.49. The first-order valence-electron chi connectivity index (χ1n) is 8.26. The Morgan fingerprint density at radius 3 is 2.04 bits per heavy atom. The number of hydrogen-bond donors (Lipinski definition) is 1. The number of benzene rings is 3. The standard InChI is InChI=1S/C22H13I2N3/c23-18-5-1-3-16(11-18)20-21(17-4-2-6-19(24)12-17)27-22(26-20)15-9-7-14(13-25)8-10-15/h1-12H,(H,26,27). The molecule has 0 radical (unpaired) electrons. The van der Waals surface area contributed by atoms with Crippen molar-refractivity contribution in [2.45, 2.75) is 0 Å². The normalized spacial score (nSPS) is 10.6. The Morgan fingerprint density at radius 2 is 1.41 bits per heavy atom. The molecule has 1 N–H and O–H groups in total. The van der Waals surface area contributed by atoms with Crippen LogP contribution in [0.5, 0.6) is 0 Å². The van der Waals surface area contributed by atoms with Crippen molar-refractivity contribution in [3.63, 3.8) is 0 Å². The quantitative estimate of drug-likeness (QED) is 0.285. The number of nitriles is 1. The van der Waals surface area contributed by atoms with Crippen LogP contribution in [-0.2, 0) is 0 Å². The molecule has 0 amide bonds. The maximum atomic E-state index is 9.02. The summed E-state index contributed by atoms with van der Waals surface area (Å²) in [6.45, 7) is 0. The average Bonchev–Trinajstić information content (AvgIpc) is 3.14. The molecule has 0 saturated heterocycles. The molecular formula is C22H13I2N3. The van der Waals surface area contributed by atoms with E-state index in [0.29, 0.717) is 5.56 Å². The molecule has 0 unspecified atom stereocenters. The third-order valence-electron chi connectivity index (χ3n) is 4.20. The van der Waals surface area contributed by atoms with E-state index >= 15 is 0 Å². The first-order chi connectivity index (χ1) is 13.1. The molecule has 1 aromatic heterocycles. The number of rotatable bonds is 3. The predicted molar refractivity (Wildman–Crippen MR) is 125 cm³/mol. The molecule has 0 aliphatic carbocycles. The molecular weight excluding hydrogens is 560 g/mol. The zero-order valence-electron chi connectivity index (χ0n) is 14.1. The summed E-state index contributed by atoms with van der Waals surface area (Å²) in [5.74, 6) is 0.794. The minimum absolute atomic E-state index is 0.640. The lowest BCUT2D eigenvalue weighted by molar-refractivity contribution is 1.31. The lowest BCUT2D eigenvalue weighted by Gasteiger charge is -2.04. The van der Waals surface area contributed by atoms with Gasteiger partial charge in [-0.05, 0) is 93.7 Å². The van der Waals surface area contributed by atoms with Crippen molar-refractivity contribution in [3.8, 4) is 40.0 Å². The van der Waals surface area contributed by atoms with Crippen molar-refractivity contribution >= 4 is 45.2 Å². The molecule has 5 heteroatoms. The number of nitrogens with zero attached hydrogens (tertiary/aromatic N) is 2. The van der Waals surface area contributed by atoms with E-state index in [1.807, 2.05) is 30.3 Å². The van der Waals surface area contributed by atoms with Gasteiger partial charge in [0.15, 0.2) is 0 Å². The van der Waals surface area contributed by atoms with Gasteiger partial charge in [0.1, 0.15) is 5.82 Å². The van der Waals surface area contributed by atoms with E-state index in [4.69, 9.17) is 10.2 Å². The van der Waals surface area contributed by atoms with E-state index in [2.05, 4.69) is 98.7 Å². The third kappa shape index (κ3) is 3.92. The highest BCUT2D eigenvalue weighted by Gasteiger charge is 2.16. The summed E-state index contributed by atoms with van der Waals surface area (Å²) >= 11 is 4.64. The van der Waals surface area contributed by atoms with E-state index in [0.717, 1.165) is 33.9 Å². The molecule has 0 saturated carbocycles.